The molecule has 0 amide bonds. The molecule has 6 heteroatoms. The van der Waals surface area contributed by atoms with E-state index in [1.807, 2.05) is 0 Å². The van der Waals surface area contributed by atoms with E-state index in [0.717, 1.165) is 11.3 Å². The second-order valence-corrected chi connectivity index (χ2v) is 2.61. The summed E-state index contributed by atoms with van der Waals surface area (Å²) in [6.45, 7) is 0. The summed E-state index contributed by atoms with van der Waals surface area (Å²) in [6, 6.07) is 0. The predicted octanol–water partition coefficient (Wildman–Crippen LogP) is 1.78. The molecule has 1 heterocycles. The van der Waals surface area contributed by atoms with Crippen LogP contribution < -0.4 is 5.73 Å². The molecule has 2 N–H and O–H groups in total. The van der Waals surface area contributed by atoms with E-state index >= 15 is 0 Å². The fourth-order valence-corrected chi connectivity index (χ4v) is 1.16. The Kier molecular flexibility index (Phi) is 1.63. The first-order chi connectivity index (χ1) is 4.24. The standard InChI is InChI=1S/C3H2ClN3OS/c4-1-2(7-8)9-3(5)6-1/h(H2,5,6). The van der Waals surface area contributed by atoms with Gasteiger partial charge in [0.1, 0.15) is 0 Å². The van der Waals surface area contributed by atoms with Crippen molar-refractivity contribution < 1.29 is 0 Å². The number of nitrogens with zero attached hydrogens (tertiary/aromatic N) is 2. The maximum Gasteiger partial charge on any atom is 0.201 e. The molecule has 0 bridgehead atoms. The molecule has 0 atom stereocenters. The molecule has 0 spiro atoms. The minimum Gasteiger partial charge on any atom is -0.375 e. The summed E-state index contributed by atoms with van der Waals surface area (Å²) in [5.41, 5.74) is 5.18. The number of thiazole rings is 1. The monoisotopic (exact) mass is 163 g/mol. The lowest BCUT2D eigenvalue weighted by Crippen LogP contribution is -1.78. The Bertz CT molecular complexity index is 235. The van der Waals surface area contributed by atoms with Crippen LogP contribution in [0, 0.1) is 4.91 Å². The number of rotatable bonds is 1. The van der Waals surface area contributed by atoms with Crippen LogP contribution in [-0.4, -0.2) is 4.98 Å². The minimum atomic E-state index is 0.0764. The van der Waals surface area contributed by atoms with Gasteiger partial charge in [-0.3, -0.25) is 0 Å². The zero-order valence-electron chi connectivity index (χ0n) is 4.17. The van der Waals surface area contributed by atoms with Gasteiger partial charge in [-0.1, -0.05) is 22.9 Å². The number of hydrogen-bond acceptors (Lipinski definition) is 5. The normalized spacial score (nSPS) is 9.44. The highest BCUT2D eigenvalue weighted by Crippen LogP contribution is 2.32. The molecule has 0 aliphatic carbocycles. The molecule has 1 aromatic rings. The third kappa shape index (κ3) is 1.17. The number of nitroso groups, excluding NO2 is 1. The van der Waals surface area contributed by atoms with Crippen LogP contribution in [0.4, 0.5) is 10.1 Å². The van der Waals surface area contributed by atoms with E-state index in [4.69, 9.17) is 17.3 Å². The SMILES string of the molecule is Nc1nc(Cl)c(N=O)s1. The maximum absolute atomic E-state index is 9.82. The van der Waals surface area contributed by atoms with Crippen LogP contribution >= 0.6 is 22.9 Å². The van der Waals surface area contributed by atoms with Gasteiger partial charge in [0, 0.05) is 0 Å². The molecule has 0 saturated heterocycles. The Morgan fingerprint density at radius 3 is 2.67 bits per heavy atom. The van der Waals surface area contributed by atoms with Gasteiger partial charge in [0.05, 0.1) is 0 Å². The molecule has 0 radical (unpaired) electrons. The summed E-state index contributed by atoms with van der Waals surface area (Å²) in [7, 11) is 0. The van der Waals surface area contributed by atoms with Crippen LogP contribution in [0.5, 0.6) is 0 Å². The van der Waals surface area contributed by atoms with Gasteiger partial charge in [-0.05, 0) is 5.18 Å². The first-order valence-corrected chi connectivity index (χ1v) is 3.18. The van der Waals surface area contributed by atoms with E-state index in [0.29, 0.717) is 0 Å². The number of nitrogen functional groups attached to an aromatic ring is 1. The molecular formula is C3H2ClN3OS. The Morgan fingerprint density at radius 2 is 2.44 bits per heavy atom. The average Bonchev–Trinajstić information content (AvgIpc) is 2.10. The smallest absolute Gasteiger partial charge is 0.201 e. The van der Waals surface area contributed by atoms with E-state index in [2.05, 4.69) is 10.2 Å². The third-order valence-corrected chi connectivity index (χ3v) is 1.81. The van der Waals surface area contributed by atoms with Gasteiger partial charge in [-0.15, -0.1) is 4.91 Å². The van der Waals surface area contributed by atoms with E-state index in [9.17, 15) is 4.91 Å². The highest BCUT2D eigenvalue weighted by Gasteiger charge is 2.05. The van der Waals surface area contributed by atoms with Gasteiger partial charge in [0.25, 0.3) is 0 Å². The molecule has 48 valence electrons. The van der Waals surface area contributed by atoms with Crippen LogP contribution in [0.15, 0.2) is 5.18 Å². The van der Waals surface area contributed by atoms with E-state index in [1.165, 1.54) is 0 Å². The Balaban J connectivity index is 3.15. The van der Waals surface area contributed by atoms with Crippen molar-refractivity contribution in [3.63, 3.8) is 0 Å². The van der Waals surface area contributed by atoms with Crippen molar-refractivity contribution in [2.75, 3.05) is 5.73 Å². The van der Waals surface area contributed by atoms with Crippen LogP contribution in [0.3, 0.4) is 0 Å². The second-order valence-electron chi connectivity index (χ2n) is 1.24. The zero-order chi connectivity index (χ0) is 6.85. The first kappa shape index (κ1) is 6.44. The van der Waals surface area contributed by atoms with E-state index in [-0.39, 0.29) is 15.3 Å². The summed E-state index contributed by atoms with van der Waals surface area (Å²) in [5, 5.41) is 3.05. The van der Waals surface area contributed by atoms with Crippen molar-refractivity contribution in [1.29, 1.82) is 0 Å². The Hall–Kier alpha value is -0.680. The Labute approximate surface area is 59.6 Å². The lowest BCUT2D eigenvalue weighted by Gasteiger charge is -1.72. The van der Waals surface area contributed by atoms with Gasteiger partial charge < -0.3 is 5.73 Å². The Morgan fingerprint density at radius 1 is 1.78 bits per heavy atom. The predicted molar refractivity (Wildman–Crippen MR) is 37.0 cm³/mol. The molecule has 9 heavy (non-hydrogen) atoms. The van der Waals surface area contributed by atoms with Gasteiger partial charge >= 0.3 is 0 Å². The largest absolute Gasteiger partial charge is 0.375 e. The quantitative estimate of drug-likeness (QED) is 0.642. The van der Waals surface area contributed by atoms with Crippen molar-refractivity contribution in [3.8, 4) is 0 Å². The molecule has 1 aromatic heterocycles. The minimum absolute atomic E-state index is 0.0764. The highest BCUT2D eigenvalue weighted by atomic mass is 35.5. The molecule has 1 rings (SSSR count). The maximum atomic E-state index is 9.82. The highest BCUT2D eigenvalue weighted by molar-refractivity contribution is 7.19. The van der Waals surface area contributed by atoms with Crippen molar-refractivity contribution in [1.82, 2.24) is 4.98 Å². The van der Waals surface area contributed by atoms with Gasteiger partial charge in [-0.25, -0.2) is 4.98 Å². The fraction of sp³-hybridized carbons (Fsp3) is 0. The van der Waals surface area contributed by atoms with Crippen molar-refractivity contribution in [2.24, 2.45) is 5.18 Å². The molecule has 0 aliphatic heterocycles. The molecule has 0 saturated carbocycles. The van der Waals surface area contributed by atoms with E-state index < -0.39 is 0 Å². The summed E-state index contributed by atoms with van der Waals surface area (Å²) >= 11 is 6.34. The number of aromatic nitrogens is 1. The number of hydrogen-bond donors (Lipinski definition) is 1. The number of nitrogens with two attached hydrogens (primary N) is 1. The lowest BCUT2D eigenvalue weighted by atomic mass is 10.9. The summed E-state index contributed by atoms with van der Waals surface area (Å²) in [6.07, 6.45) is 0. The topological polar surface area (TPSA) is 68.3 Å². The molecule has 0 aromatic carbocycles. The first-order valence-electron chi connectivity index (χ1n) is 1.99. The van der Waals surface area contributed by atoms with Crippen molar-refractivity contribution in [2.45, 2.75) is 0 Å². The summed E-state index contributed by atoms with van der Waals surface area (Å²) in [5.74, 6) is 0. The molecule has 4 nitrogen and oxygen atoms in total. The van der Waals surface area contributed by atoms with Crippen molar-refractivity contribution in [3.05, 3.63) is 10.1 Å². The van der Waals surface area contributed by atoms with Crippen LogP contribution in [0.2, 0.25) is 5.15 Å². The second kappa shape index (κ2) is 2.28. The lowest BCUT2D eigenvalue weighted by molar-refractivity contribution is 1.40. The van der Waals surface area contributed by atoms with Gasteiger partial charge in [0.2, 0.25) is 5.00 Å². The summed E-state index contributed by atoms with van der Waals surface area (Å²) < 4.78 is 0. The van der Waals surface area contributed by atoms with Crippen LogP contribution in [0.25, 0.3) is 0 Å². The van der Waals surface area contributed by atoms with Gasteiger partial charge in [-0.2, -0.15) is 0 Å². The third-order valence-electron chi connectivity index (χ3n) is 0.669. The number of halogens is 1. The average molecular weight is 164 g/mol. The summed E-state index contributed by atoms with van der Waals surface area (Å²) in [4.78, 5) is 13.4. The van der Waals surface area contributed by atoms with Gasteiger partial charge in [0.15, 0.2) is 10.3 Å². The molecule has 0 fully saturated rings. The van der Waals surface area contributed by atoms with Crippen molar-refractivity contribution >= 4 is 33.1 Å². The zero-order valence-corrected chi connectivity index (χ0v) is 5.74. The molecule has 0 aliphatic rings. The molecule has 0 unspecified atom stereocenters. The van der Waals surface area contributed by atoms with Crippen LogP contribution in [-0.2, 0) is 0 Å². The fourth-order valence-electron chi connectivity index (χ4n) is 0.365. The number of anilines is 1. The molecular weight excluding hydrogens is 162 g/mol. The van der Waals surface area contributed by atoms with Crippen LogP contribution in [0.1, 0.15) is 0 Å². The van der Waals surface area contributed by atoms with E-state index in [1.54, 1.807) is 0 Å².